The van der Waals surface area contributed by atoms with E-state index in [2.05, 4.69) is 5.32 Å². The maximum absolute atomic E-state index is 13.5. The number of rotatable bonds is 4. The van der Waals surface area contributed by atoms with E-state index >= 15 is 0 Å². The third kappa shape index (κ3) is 3.60. The quantitative estimate of drug-likeness (QED) is 0.875. The lowest BCUT2D eigenvalue weighted by Crippen LogP contribution is -2.13. The minimum Gasteiger partial charge on any atom is -0.386 e. The van der Waals surface area contributed by atoms with Crippen molar-refractivity contribution in [2.75, 3.05) is 11.9 Å². The van der Waals surface area contributed by atoms with E-state index < -0.39 is 17.7 Å². The van der Waals surface area contributed by atoms with E-state index in [0.29, 0.717) is 15.7 Å². The summed E-state index contributed by atoms with van der Waals surface area (Å²) >= 11 is 11.6. The van der Waals surface area contributed by atoms with Gasteiger partial charge in [-0.2, -0.15) is 0 Å². The Bertz CT molecular complexity index is 622. The van der Waals surface area contributed by atoms with Gasteiger partial charge in [0, 0.05) is 17.8 Å². The number of aliphatic hydroxyl groups is 1. The Morgan fingerprint density at radius 1 is 1.05 bits per heavy atom. The van der Waals surface area contributed by atoms with E-state index in [9.17, 15) is 13.9 Å². The number of benzene rings is 2. The van der Waals surface area contributed by atoms with Crippen LogP contribution >= 0.6 is 23.2 Å². The van der Waals surface area contributed by atoms with E-state index in [1.165, 1.54) is 0 Å². The predicted octanol–water partition coefficient (Wildman–Crippen LogP) is 4.42. The van der Waals surface area contributed by atoms with Crippen molar-refractivity contribution in [3.8, 4) is 0 Å². The van der Waals surface area contributed by atoms with Gasteiger partial charge in [-0.1, -0.05) is 23.2 Å². The van der Waals surface area contributed by atoms with Crippen molar-refractivity contribution in [2.24, 2.45) is 0 Å². The molecular formula is C14H11Cl2F2NO. The minimum atomic E-state index is -1.18. The Morgan fingerprint density at radius 3 is 2.50 bits per heavy atom. The summed E-state index contributed by atoms with van der Waals surface area (Å²) in [5.74, 6) is -1.26. The molecule has 1 unspecified atom stereocenters. The minimum absolute atomic E-state index is 0.0122. The number of anilines is 1. The first-order chi connectivity index (χ1) is 9.47. The monoisotopic (exact) mass is 317 g/mol. The van der Waals surface area contributed by atoms with Crippen molar-refractivity contribution in [1.82, 2.24) is 0 Å². The zero-order valence-electron chi connectivity index (χ0n) is 10.2. The molecule has 0 saturated carbocycles. The molecule has 6 heteroatoms. The lowest BCUT2D eigenvalue weighted by molar-refractivity contribution is 0.186. The van der Waals surface area contributed by atoms with E-state index in [4.69, 9.17) is 23.2 Å². The predicted molar refractivity (Wildman–Crippen MR) is 76.3 cm³/mol. The van der Waals surface area contributed by atoms with Crippen LogP contribution in [0.15, 0.2) is 36.4 Å². The van der Waals surface area contributed by atoms with Gasteiger partial charge in [-0.05, 0) is 36.4 Å². The van der Waals surface area contributed by atoms with Crippen LogP contribution < -0.4 is 5.32 Å². The molecule has 2 nitrogen and oxygen atoms in total. The summed E-state index contributed by atoms with van der Waals surface area (Å²) in [7, 11) is 0. The molecule has 0 aliphatic heterocycles. The second-order valence-corrected chi connectivity index (χ2v) is 5.01. The molecule has 0 aliphatic carbocycles. The Morgan fingerprint density at radius 2 is 1.80 bits per heavy atom. The van der Waals surface area contributed by atoms with Gasteiger partial charge in [-0.15, -0.1) is 0 Å². The number of hydrogen-bond acceptors (Lipinski definition) is 2. The zero-order chi connectivity index (χ0) is 14.7. The highest BCUT2D eigenvalue weighted by Gasteiger charge is 2.13. The summed E-state index contributed by atoms with van der Waals surface area (Å²) < 4.78 is 26.5. The molecule has 20 heavy (non-hydrogen) atoms. The second kappa shape index (κ2) is 6.39. The molecule has 0 heterocycles. The third-order valence-corrected chi connectivity index (χ3v) is 3.48. The van der Waals surface area contributed by atoms with Gasteiger partial charge in [-0.25, -0.2) is 8.78 Å². The van der Waals surface area contributed by atoms with Crippen LogP contribution in [-0.4, -0.2) is 11.7 Å². The van der Waals surface area contributed by atoms with Gasteiger partial charge in [0.05, 0.1) is 16.1 Å². The molecule has 106 valence electrons. The molecule has 0 bridgehead atoms. The number of aliphatic hydroxyl groups excluding tert-OH is 1. The largest absolute Gasteiger partial charge is 0.386 e. The molecule has 2 rings (SSSR count). The van der Waals surface area contributed by atoms with E-state index in [-0.39, 0.29) is 12.1 Å². The fourth-order valence-electron chi connectivity index (χ4n) is 1.70. The maximum Gasteiger partial charge on any atom is 0.129 e. The second-order valence-electron chi connectivity index (χ2n) is 4.19. The van der Waals surface area contributed by atoms with Gasteiger partial charge in [0.2, 0.25) is 0 Å². The molecule has 0 fully saturated rings. The first-order valence-electron chi connectivity index (χ1n) is 5.79. The molecule has 2 aromatic rings. The topological polar surface area (TPSA) is 32.3 Å². The average molecular weight is 318 g/mol. The van der Waals surface area contributed by atoms with Crippen molar-refractivity contribution in [3.05, 3.63) is 63.6 Å². The lowest BCUT2D eigenvalue weighted by Gasteiger charge is -2.14. The highest BCUT2D eigenvalue weighted by atomic mass is 35.5. The van der Waals surface area contributed by atoms with Crippen LogP contribution in [0.25, 0.3) is 0 Å². The fourth-order valence-corrected chi connectivity index (χ4v) is 2.00. The Balaban J connectivity index is 2.06. The van der Waals surface area contributed by atoms with Gasteiger partial charge in [0.15, 0.2) is 0 Å². The van der Waals surface area contributed by atoms with E-state index in [1.54, 1.807) is 18.2 Å². The van der Waals surface area contributed by atoms with Crippen LogP contribution in [0, 0.1) is 11.6 Å². The van der Waals surface area contributed by atoms with Crippen molar-refractivity contribution in [1.29, 1.82) is 0 Å². The average Bonchev–Trinajstić information content (AvgIpc) is 2.42. The van der Waals surface area contributed by atoms with Crippen LogP contribution in [0.4, 0.5) is 14.5 Å². The van der Waals surface area contributed by atoms with Gasteiger partial charge < -0.3 is 10.4 Å². The van der Waals surface area contributed by atoms with Crippen molar-refractivity contribution in [3.63, 3.8) is 0 Å². The molecule has 2 aromatic carbocycles. The summed E-state index contributed by atoms with van der Waals surface area (Å²) in [6.07, 6.45) is -1.18. The Labute approximate surface area is 125 Å². The van der Waals surface area contributed by atoms with E-state index in [0.717, 1.165) is 18.2 Å². The molecule has 0 aliphatic rings. The molecule has 0 radical (unpaired) electrons. The molecule has 0 spiro atoms. The van der Waals surface area contributed by atoms with Crippen LogP contribution in [-0.2, 0) is 0 Å². The number of nitrogens with one attached hydrogen (secondary N) is 1. The maximum atomic E-state index is 13.5. The lowest BCUT2D eigenvalue weighted by atomic mass is 10.1. The molecule has 1 atom stereocenters. The summed E-state index contributed by atoms with van der Waals surface area (Å²) in [4.78, 5) is 0. The number of halogens is 4. The van der Waals surface area contributed by atoms with Crippen molar-refractivity contribution in [2.45, 2.75) is 6.10 Å². The van der Waals surface area contributed by atoms with Crippen molar-refractivity contribution >= 4 is 28.9 Å². The number of hydrogen-bond donors (Lipinski definition) is 2. The molecule has 0 amide bonds. The van der Waals surface area contributed by atoms with Crippen molar-refractivity contribution < 1.29 is 13.9 Å². The first kappa shape index (κ1) is 15.0. The molecular weight excluding hydrogens is 307 g/mol. The summed E-state index contributed by atoms with van der Waals surface area (Å²) in [5.41, 5.74) is 0.521. The first-order valence-corrected chi connectivity index (χ1v) is 6.55. The van der Waals surface area contributed by atoms with E-state index in [1.807, 2.05) is 0 Å². The van der Waals surface area contributed by atoms with Gasteiger partial charge >= 0.3 is 0 Å². The summed E-state index contributed by atoms with van der Waals surface area (Å²) in [6, 6.07) is 7.80. The normalized spacial score (nSPS) is 12.2. The Kier molecular flexibility index (Phi) is 4.81. The van der Waals surface area contributed by atoms with Crippen LogP contribution in [0.3, 0.4) is 0 Å². The highest BCUT2D eigenvalue weighted by Crippen LogP contribution is 2.26. The van der Waals surface area contributed by atoms with Crippen LogP contribution in [0.2, 0.25) is 10.0 Å². The molecule has 2 N–H and O–H groups in total. The Hall–Kier alpha value is -1.36. The SMILES string of the molecule is OC(CNc1ccc(Cl)c(Cl)c1)c1cc(F)ccc1F. The van der Waals surface area contributed by atoms with Crippen LogP contribution in [0.1, 0.15) is 11.7 Å². The third-order valence-electron chi connectivity index (χ3n) is 2.74. The van der Waals surface area contributed by atoms with Gasteiger partial charge in [-0.3, -0.25) is 0 Å². The smallest absolute Gasteiger partial charge is 0.129 e. The summed E-state index contributed by atoms with van der Waals surface area (Å²) in [5, 5.41) is 13.5. The molecule has 0 aromatic heterocycles. The standard InChI is InChI=1S/C14H11Cl2F2NO/c15-11-3-2-9(6-12(11)16)19-7-14(20)10-5-8(17)1-4-13(10)18/h1-6,14,19-20H,7H2. The highest BCUT2D eigenvalue weighted by molar-refractivity contribution is 6.42. The van der Waals surface area contributed by atoms with Gasteiger partial charge in [0.25, 0.3) is 0 Å². The van der Waals surface area contributed by atoms with Crippen LogP contribution in [0.5, 0.6) is 0 Å². The fraction of sp³-hybridized carbons (Fsp3) is 0.143. The molecule has 0 saturated heterocycles. The zero-order valence-corrected chi connectivity index (χ0v) is 11.7. The van der Waals surface area contributed by atoms with Gasteiger partial charge in [0.1, 0.15) is 11.6 Å². The summed E-state index contributed by atoms with van der Waals surface area (Å²) in [6.45, 7) is 0.0122.